The molecule has 2 aromatic rings. The van der Waals surface area contributed by atoms with E-state index in [1.165, 1.54) is 17.5 Å². The van der Waals surface area contributed by atoms with E-state index < -0.39 is 10.0 Å². The van der Waals surface area contributed by atoms with Crippen molar-refractivity contribution in [1.29, 1.82) is 0 Å². The SMILES string of the molecule is COc1ccc(Cl)cc1C(=O)CCC(=O)NCCc1ccc(S(=O)(=O)N2CCOCC2)cc1. The van der Waals surface area contributed by atoms with Crippen LogP contribution >= 0.6 is 11.6 Å². The summed E-state index contributed by atoms with van der Waals surface area (Å²) in [6.07, 6.45) is 0.627. The van der Waals surface area contributed by atoms with Gasteiger partial charge in [0.05, 0.1) is 30.8 Å². The lowest BCUT2D eigenvalue weighted by Gasteiger charge is -2.26. The van der Waals surface area contributed by atoms with E-state index in [9.17, 15) is 18.0 Å². The summed E-state index contributed by atoms with van der Waals surface area (Å²) in [5, 5.41) is 3.21. The zero-order chi connectivity index (χ0) is 23.8. The highest BCUT2D eigenvalue weighted by molar-refractivity contribution is 7.89. The number of ketones is 1. The predicted octanol–water partition coefficient (Wildman–Crippen LogP) is 2.69. The Bertz CT molecular complexity index is 1080. The Hall–Kier alpha value is -2.46. The van der Waals surface area contributed by atoms with Crippen molar-refractivity contribution in [3.8, 4) is 5.75 Å². The second kappa shape index (κ2) is 11.6. The number of morpholine rings is 1. The highest BCUT2D eigenvalue weighted by Gasteiger charge is 2.26. The summed E-state index contributed by atoms with van der Waals surface area (Å²) < 4.78 is 37.1. The molecule has 0 aliphatic carbocycles. The molecule has 8 nitrogen and oxygen atoms in total. The number of amides is 1. The quantitative estimate of drug-likeness (QED) is 0.509. The van der Waals surface area contributed by atoms with Gasteiger partial charge in [-0.2, -0.15) is 4.31 Å². The van der Waals surface area contributed by atoms with Gasteiger partial charge in [-0.1, -0.05) is 23.7 Å². The van der Waals surface area contributed by atoms with E-state index in [0.717, 1.165) is 5.56 Å². The predicted molar refractivity (Wildman–Crippen MR) is 124 cm³/mol. The Morgan fingerprint density at radius 1 is 1.09 bits per heavy atom. The largest absolute Gasteiger partial charge is 0.496 e. The first-order valence-electron chi connectivity index (χ1n) is 10.6. The Morgan fingerprint density at radius 2 is 1.79 bits per heavy atom. The minimum atomic E-state index is -3.52. The van der Waals surface area contributed by atoms with Gasteiger partial charge in [-0.25, -0.2) is 8.42 Å². The molecular formula is C23H27ClN2O6S. The molecule has 3 rings (SSSR count). The fourth-order valence-corrected chi connectivity index (χ4v) is 5.04. The number of sulfonamides is 1. The Morgan fingerprint density at radius 3 is 2.45 bits per heavy atom. The van der Waals surface area contributed by atoms with Gasteiger partial charge in [0.15, 0.2) is 5.78 Å². The van der Waals surface area contributed by atoms with E-state index in [4.69, 9.17) is 21.1 Å². The molecule has 0 unspecified atom stereocenters. The third-order valence-electron chi connectivity index (χ3n) is 5.31. The Balaban J connectivity index is 1.45. The summed E-state index contributed by atoms with van der Waals surface area (Å²) in [5.74, 6) is -0.0404. The van der Waals surface area contributed by atoms with Crippen molar-refractivity contribution >= 4 is 33.3 Å². The number of methoxy groups -OCH3 is 1. The van der Waals surface area contributed by atoms with E-state index in [-0.39, 0.29) is 29.4 Å². The van der Waals surface area contributed by atoms with Crippen LogP contribution in [0.4, 0.5) is 0 Å². The minimum Gasteiger partial charge on any atom is -0.496 e. The monoisotopic (exact) mass is 494 g/mol. The van der Waals surface area contributed by atoms with Crippen molar-refractivity contribution in [2.75, 3.05) is 40.0 Å². The molecule has 10 heteroatoms. The summed E-state index contributed by atoms with van der Waals surface area (Å²) >= 11 is 5.95. The average Bonchev–Trinajstić information content (AvgIpc) is 2.83. The molecule has 178 valence electrons. The summed E-state index contributed by atoms with van der Waals surface area (Å²) in [4.78, 5) is 24.8. The van der Waals surface area contributed by atoms with Crippen LogP contribution in [0.2, 0.25) is 5.02 Å². The molecule has 33 heavy (non-hydrogen) atoms. The molecule has 2 aromatic carbocycles. The van der Waals surface area contributed by atoms with Crippen molar-refractivity contribution in [3.05, 3.63) is 58.6 Å². The lowest BCUT2D eigenvalue weighted by molar-refractivity contribution is -0.121. The number of carbonyl (C=O) groups excluding carboxylic acids is 2. The highest BCUT2D eigenvalue weighted by Crippen LogP contribution is 2.24. The highest BCUT2D eigenvalue weighted by atomic mass is 35.5. The number of rotatable bonds is 10. The topological polar surface area (TPSA) is 102 Å². The fourth-order valence-electron chi connectivity index (χ4n) is 3.46. The second-order valence-electron chi connectivity index (χ2n) is 7.53. The molecule has 1 N–H and O–H groups in total. The van der Waals surface area contributed by atoms with E-state index >= 15 is 0 Å². The second-order valence-corrected chi connectivity index (χ2v) is 9.90. The molecular weight excluding hydrogens is 468 g/mol. The van der Waals surface area contributed by atoms with Gasteiger partial charge in [0.1, 0.15) is 5.75 Å². The van der Waals surface area contributed by atoms with Crippen LogP contribution in [0.25, 0.3) is 0 Å². The van der Waals surface area contributed by atoms with Gasteiger partial charge in [0, 0.05) is 37.5 Å². The van der Waals surface area contributed by atoms with Crippen molar-refractivity contribution in [2.45, 2.75) is 24.2 Å². The number of Topliss-reactive ketones (excluding diaryl/α,β-unsaturated/α-hetero) is 1. The molecule has 1 aliphatic rings. The summed E-state index contributed by atoms with van der Waals surface area (Å²) in [6, 6.07) is 11.4. The lowest BCUT2D eigenvalue weighted by atomic mass is 10.1. The molecule has 0 bridgehead atoms. The average molecular weight is 495 g/mol. The van der Waals surface area contributed by atoms with E-state index in [2.05, 4.69) is 5.32 Å². The number of benzene rings is 2. The van der Waals surface area contributed by atoms with Crippen molar-refractivity contribution in [2.24, 2.45) is 0 Å². The Kier molecular flexibility index (Phi) is 8.85. The normalized spacial score (nSPS) is 14.6. The molecule has 1 saturated heterocycles. The first-order valence-corrected chi connectivity index (χ1v) is 12.4. The van der Waals surface area contributed by atoms with Gasteiger partial charge < -0.3 is 14.8 Å². The molecule has 1 fully saturated rings. The Labute approximate surface area is 198 Å². The van der Waals surface area contributed by atoms with Gasteiger partial charge in [-0.05, 0) is 42.3 Å². The maximum Gasteiger partial charge on any atom is 0.243 e. The number of nitrogens with zero attached hydrogens (tertiary/aromatic N) is 1. The number of ether oxygens (including phenoxy) is 2. The lowest BCUT2D eigenvalue weighted by Crippen LogP contribution is -2.40. The van der Waals surface area contributed by atoms with Gasteiger partial charge in [-0.15, -0.1) is 0 Å². The molecule has 0 aromatic heterocycles. The molecule has 0 atom stereocenters. The van der Waals surface area contributed by atoms with Crippen molar-refractivity contribution in [3.63, 3.8) is 0 Å². The molecule has 0 spiro atoms. The molecule has 0 saturated carbocycles. The first kappa shape index (κ1) is 25.2. The van der Waals surface area contributed by atoms with Crippen LogP contribution < -0.4 is 10.1 Å². The summed E-state index contributed by atoms with van der Waals surface area (Å²) in [7, 11) is -2.05. The van der Waals surface area contributed by atoms with Gasteiger partial charge >= 0.3 is 0 Å². The van der Waals surface area contributed by atoms with Gasteiger partial charge in [0.2, 0.25) is 15.9 Å². The standard InChI is InChI=1S/C23H27ClN2O6S/c1-31-22-8-4-18(24)16-20(22)21(27)7-9-23(28)25-11-10-17-2-5-19(6-3-17)33(29,30)26-12-14-32-15-13-26/h2-6,8,16H,7,9-15H2,1H3,(H,25,28). The zero-order valence-corrected chi connectivity index (χ0v) is 20.0. The van der Waals surface area contributed by atoms with E-state index in [1.54, 1.807) is 36.4 Å². The number of nitrogens with one attached hydrogen (secondary N) is 1. The number of halogens is 1. The molecule has 1 heterocycles. The maximum atomic E-state index is 12.7. The minimum absolute atomic E-state index is 0.0383. The zero-order valence-electron chi connectivity index (χ0n) is 18.4. The van der Waals surface area contributed by atoms with Crippen LogP contribution in [0.15, 0.2) is 47.4 Å². The van der Waals surface area contributed by atoms with Crippen LogP contribution in [-0.2, 0) is 26.0 Å². The number of carbonyl (C=O) groups is 2. The fraction of sp³-hybridized carbons (Fsp3) is 0.391. The van der Waals surface area contributed by atoms with Crippen LogP contribution in [0.3, 0.4) is 0 Å². The molecule has 1 amide bonds. The molecule has 0 radical (unpaired) electrons. The third kappa shape index (κ3) is 6.77. The number of hydrogen-bond acceptors (Lipinski definition) is 6. The van der Waals surface area contributed by atoms with Crippen LogP contribution in [-0.4, -0.2) is 64.4 Å². The summed E-state index contributed by atoms with van der Waals surface area (Å²) in [6.45, 7) is 1.87. The first-order chi connectivity index (χ1) is 15.8. The smallest absolute Gasteiger partial charge is 0.243 e. The van der Waals surface area contributed by atoms with Gasteiger partial charge in [-0.3, -0.25) is 9.59 Å². The third-order valence-corrected chi connectivity index (χ3v) is 7.46. The molecule has 1 aliphatic heterocycles. The van der Waals surface area contributed by atoms with Crippen LogP contribution in [0, 0.1) is 0 Å². The van der Waals surface area contributed by atoms with Crippen molar-refractivity contribution < 1.29 is 27.5 Å². The van der Waals surface area contributed by atoms with E-state index in [1.807, 2.05) is 0 Å². The maximum absolute atomic E-state index is 12.7. The summed E-state index contributed by atoms with van der Waals surface area (Å²) in [5.41, 5.74) is 1.25. The van der Waals surface area contributed by atoms with Crippen LogP contribution in [0.1, 0.15) is 28.8 Å². The van der Waals surface area contributed by atoms with Crippen molar-refractivity contribution in [1.82, 2.24) is 9.62 Å². The van der Waals surface area contributed by atoms with E-state index in [0.29, 0.717) is 55.6 Å². The van der Waals surface area contributed by atoms with Gasteiger partial charge in [0.25, 0.3) is 0 Å². The van der Waals surface area contributed by atoms with Crippen LogP contribution in [0.5, 0.6) is 5.75 Å². The number of hydrogen-bond donors (Lipinski definition) is 1.